The van der Waals surface area contributed by atoms with E-state index in [1.807, 2.05) is 0 Å². The number of hydrogen-bond acceptors (Lipinski definition) is 5. The predicted molar refractivity (Wildman–Crippen MR) is 80.5 cm³/mol. The van der Waals surface area contributed by atoms with Gasteiger partial charge in [-0.1, -0.05) is 18.2 Å². The van der Waals surface area contributed by atoms with E-state index in [0.29, 0.717) is 17.4 Å². The monoisotopic (exact) mass is 318 g/mol. The standard InChI is InChI=1S/C17H15FO5/c1-21-14-7-8-15(16(18)13(14)9-19)23-10-11-5-3-4-6-12(11)17(20)22-2/h3-9H,10H2,1-2H3. The molecular formula is C17H15FO5. The van der Waals surface area contributed by atoms with Gasteiger partial charge in [-0.3, -0.25) is 4.79 Å². The van der Waals surface area contributed by atoms with Crippen LogP contribution < -0.4 is 9.47 Å². The van der Waals surface area contributed by atoms with E-state index in [9.17, 15) is 14.0 Å². The normalized spacial score (nSPS) is 10.0. The molecule has 0 heterocycles. The van der Waals surface area contributed by atoms with Crippen LogP contribution in [0.3, 0.4) is 0 Å². The number of hydrogen-bond donors (Lipinski definition) is 0. The number of halogens is 1. The molecule has 23 heavy (non-hydrogen) atoms. The molecule has 2 aromatic carbocycles. The molecule has 5 nitrogen and oxygen atoms in total. The van der Waals surface area contributed by atoms with Crippen LogP contribution in [-0.4, -0.2) is 26.5 Å². The summed E-state index contributed by atoms with van der Waals surface area (Å²) < 4.78 is 29.2. The second-order valence-corrected chi connectivity index (χ2v) is 4.55. The molecule has 0 saturated carbocycles. The molecule has 0 radical (unpaired) electrons. The maximum atomic E-state index is 14.2. The zero-order chi connectivity index (χ0) is 16.8. The second-order valence-electron chi connectivity index (χ2n) is 4.55. The minimum atomic E-state index is -0.810. The lowest BCUT2D eigenvalue weighted by Crippen LogP contribution is -2.08. The molecule has 6 heteroatoms. The Morgan fingerprint density at radius 2 is 1.83 bits per heavy atom. The lowest BCUT2D eigenvalue weighted by Gasteiger charge is -2.12. The molecule has 120 valence electrons. The van der Waals surface area contributed by atoms with E-state index in [1.54, 1.807) is 24.3 Å². The van der Waals surface area contributed by atoms with Crippen molar-refractivity contribution in [2.75, 3.05) is 14.2 Å². The minimum Gasteiger partial charge on any atom is -0.496 e. The van der Waals surface area contributed by atoms with Gasteiger partial charge in [0.2, 0.25) is 0 Å². The van der Waals surface area contributed by atoms with Gasteiger partial charge in [0.15, 0.2) is 17.9 Å². The maximum absolute atomic E-state index is 14.2. The summed E-state index contributed by atoms with van der Waals surface area (Å²) in [6.45, 7) is -0.0488. The van der Waals surface area contributed by atoms with E-state index in [-0.39, 0.29) is 23.7 Å². The van der Waals surface area contributed by atoms with E-state index in [0.717, 1.165) is 0 Å². The van der Waals surface area contributed by atoms with Crippen molar-refractivity contribution < 1.29 is 28.2 Å². The fraction of sp³-hybridized carbons (Fsp3) is 0.176. The lowest BCUT2D eigenvalue weighted by molar-refractivity contribution is 0.0597. The molecule has 0 aromatic heterocycles. The van der Waals surface area contributed by atoms with Crippen molar-refractivity contribution in [3.05, 3.63) is 58.9 Å². The van der Waals surface area contributed by atoms with Gasteiger partial charge in [0.25, 0.3) is 0 Å². The molecule has 0 saturated heterocycles. The van der Waals surface area contributed by atoms with Gasteiger partial charge in [-0.25, -0.2) is 9.18 Å². The molecule has 2 rings (SSSR count). The first kappa shape index (κ1) is 16.5. The molecule has 0 aliphatic carbocycles. The van der Waals surface area contributed by atoms with Gasteiger partial charge in [-0.2, -0.15) is 0 Å². The zero-order valence-electron chi connectivity index (χ0n) is 12.7. The average Bonchev–Trinajstić information content (AvgIpc) is 2.59. The molecular weight excluding hydrogens is 303 g/mol. The van der Waals surface area contributed by atoms with Gasteiger partial charge >= 0.3 is 5.97 Å². The van der Waals surface area contributed by atoms with Crippen LogP contribution in [-0.2, 0) is 11.3 Å². The summed E-state index contributed by atoms with van der Waals surface area (Å²) in [5.41, 5.74) is 0.660. The number of carbonyl (C=O) groups is 2. The van der Waals surface area contributed by atoms with Crippen LogP contribution in [0.25, 0.3) is 0 Å². The highest BCUT2D eigenvalue weighted by atomic mass is 19.1. The Hall–Kier alpha value is -2.89. The summed E-state index contributed by atoms with van der Waals surface area (Å²) in [6.07, 6.45) is 0.365. The number of methoxy groups -OCH3 is 2. The Morgan fingerprint density at radius 1 is 1.13 bits per heavy atom. The van der Waals surface area contributed by atoms with Crippen LogP contribution in [0.15, 0.2) is 36.4 Å². The second kappa shape index (κ2) is 7.40. The molecule has 0 N–H and O–H groups in total. The van der Waals surface area contributed by atoms with Crippen molar-refractivity contribution >= 4 is 12.3 Å². The van der Waals surface area contributed by atoms with Gasteiger partial charge < -0.3 is 14.2 Å². The number of carbonyl (C=O) groups excluding carboxylic acids is 2. The highest BCUT2D eigenvalue weighted by Gasteiger charge is 2.16. The third kappa shape index (κ3) is 3.48. The number of ether oxygens (including phenoxy) is 3. The first-order valence-electron chi connectivity index (χ1n) is 6.73. The fourth-order valence-corrected chi connectivity index (χ4v) is 2.07. The third-order valence-electron chi connectivity index (χ3n) is 3.25. The van der Waals surface area contributed by atoms with Crippen LogP contribution in [0.4, 0.5) is 4.39 Å². The quantitative estimate of drug-likeness (QED) is 0.605. The van der Waals surface area contributed by atoms with Crippen molar-refractivity contribution in [2.45, 2.75) is 6.61 Å². The van der Waals surface area contributed by atoms with Crippen molar-refractivity contribution in [3.8, 4) is 11.5 Å². The Bertz CT molecular complexity index is 727. The maximum Gasteiger partial charge on any atom is 0.338 e. The SMILES string of the molecule is COC(=O)c1ccccc1COc1ccc(OC)c(C=O)c1F. The largest absolute Gasteiger partial charge is 0.496 e. The fourth-order valence-electron chi connectivity index (χ4n) is 2.07. The molecule has 0 unspecified atom stereocenters. The van der Waals surface area contributed by atoms with E-state index in [4.69, 9.17) is 9.47 Å². The first-order valence-corrected chi connectivity index (χ1v) is 6.73. The molecule has 0 atom stereocenters. The smallest absolute Gasteiger partial charge is 0.338 e. The molecule has 0 aliphatic heterocycles. The van der Waals surface area contributed by atoms with Gasteiger partial charge in [0.05, 0.1) is 25.3 Å². The summed E-state index contributed by atoms with van der Waals surface area (Å²) in [5, 5.41) is 0. The molecule has 0 bridgehead atoms. The average molecular weight is 318 g/mol. The van der Waals surface area contributed by atoms with Crippen molar-refractivity contribution in [2.24, 2.45) is 0 Å². The molecule has 0 aliphatic rings. The van der Waals surface area contributed by atoms with Gasteiger partial charge in [0, 0.05) is 5.56 Å². The Kier molecular flexibility index (Phi) is 5.30. The molecule has 0 amide bonds. The lowest BCUT2D eigenvalue weighted by atomic mass is 10.1. The highest BCUT2D eigenvalue weighted by molar-refractivity contribution is 5.90. The molecule has 0 fully saturated rings. The van der Waals surface area contributed by atoms with E-state index >= 15 is 0 Å². The van der Waals surface area contributed by atoms with Crippen LogP contribution >= 0.6 is 0 Å². The first-order chi connectivity index (χ1) is 11.1. The third-order valence-corrected chi connectivity index (χ3v) is 3.25. The minimum absolute atomic E-state index is 0.0488. The zero-order valence-corrected chi connectivity index (χ0v) is 12.7. The number of aldehydes is 1. The van der Waals surface area contributed by atoms with Crippen molar-refractivity contribution in [1.29, 1.82) is 0 Å². The number of rotatable bonds is 6. The van der Waals surface area contributed by atoms with Crippen molar-refractivity contribution in [1.82, 2.24) is 0 Å². The van der Waals surface area contributed by atoms with Gasteiger partial charge in [-0.05, 0) is 18.2 Å². The van der Waals surface area contributed by atoms with E-state index in [1.165, 1.54) is 26.4 Å². The molecule has 0 spiro atoms. The summed E-state index contributed by atoms with van der Waals surface area (Å²) in [4.78, 5) is 22.7. The summed E-state index contributed by atoms with van der Waals surface area (Å²) in [5.74, 6) is -1.30. The summed E-state index contributed by atoms with van der Waals surface area (Å²) >= 11 is 0. The van der Waals surface area contributed by atoms with E-state index in [2.05, 4.69) is 4.74 Å². The van der Waals surface area contributed by atoms with Gasteiger partial charge in [0.1, 0.15) is 12.4 Å². The summed E-state index contributed by atoms with van der Waals surface area (Å²) in [6, 6.07) is 9.48. The van der Waals surface area contributed by atoms with E-state index < -0.39 is 11.8 Å². The number of benzene rings is 2. The van der Waals surface area contributed by atoms with Crippen LogP contribution in [0.1, 0.15) is 26.3 Å². The predicted octanol–water partition coefficient (Wildman–Crippen LogP) is 3.01. The van der Waals surface area contributed by atoms with Crippen molar-refractivity contribution in [3.63, 3.8) is 0 Å². The summed E-state index contributed by atoms with van der Waals surface area (Å²) in [7, 11) is 2.62. The van der Waals surface area contributed by atoms with Crippen LogP contribution in [0.5, 0.6) is 11.5 Å². The Balaban J connectivity index is 2.26. The van der Waals surface area contributed by atoms with Crippen LogP contribution in [0.2, 0.25) is 0 Å². The number of esters is 1. The van der Waals surface area contributed by atoms with Gasteiger partial charge in [-0.15, -0.1) is 0 Å². The van der Waals surface area contributed by atoms with Crippen LogP contribution in [0, 0.1) is 5.82 Å². The topological polar surface area (TPSA) is 61.8 Å². The molecule has 2 aromatic rings. The Labute approximate surface area is 132 Å². The highest BCUT2D eigenvalue weighted by Crippen LogP contribution is 2.28. The Morgan fingerprint density at radius 3 is 2.48 bits per heavy atom.